The van der Waals surface area contributed by atoms with Crippen molar-refractivity contribution in [2.45, 2.75) is 4.90 Å². The number of benzene rings is 2. The van der Waals surface area contributed by atoms with E-state index in [0.29, 0.717) is 5.69 Å². The summed E-state index contributed by atoms with van der Waals surface area (Å²) >= 11 is 2.11. The van der Waals surface area contributed by atoms with Gasteiger partial charge in [0, 0.05) is 9.26 Å². The lowest BCUT2D eigenvalue weighted by Crippen LogP contribution is -2.24. The zero-order valence-electron chi connectivity index (χ0n) is 13.9. The van der Waals surface area contributed by atoms with Crippen LogP contribution in [0.25, 0.3) is 0 Å². The summed E-state index contributed by atoms with van der Waals surface area (Å²) in [4.78, 5) is 23.9. The van der Waals surface area contributed by atoms with Crippen molar-refractivity contribution in [2.24, 2.45) is 0 Å². The molecule has 0 saturated heterocycles. The van der Waals surface area contributed by atoms with Crippen molar-refractivity contribution >= 4 is 50.2 Å². The highest BCUT2D eigenvalue weighted by Gasteiger charge is 2.17. The molecule has 0 fully saturated rings. The Labute approximate surface area is 170 Å². The Balaban J connectivity index is 1.99. The largest absolute Gasteiger partial charge is 0.452 e. The van der Waals surface area contributed by atoms with Crippen LogP contribution in [0.15, 0.2) is 53.4 Å². The summed E-state index contributed by atoms with van der Waals surface area (Å²) in [7, 11) is -3.83. The van der Waals surface area contributed by atoms with E-state index in [1.54, 1.807) is 18.2 Å². The van der Waals surface area contributed by atoms with Gasteiger partial charge in [0.2, 0.25) is 10.0 Å². The first-order chi connectivity index (χ1) is 12.8. The maximum Gasteiger partial charge on any atom is 0.338 e. The number of rotatable bonds is 7. The quantitative estimate of drug-likeness (QED) is 0.346. The molecule has 140 valence electrons. The van der Waals surface area contributed by atoms with E-state index in [9.17, 15) is 18.0 Å². The van der Waals surface area contributed by atoms with Gasteiger partial charge < -0.3 is 10.1 Å². The number of halogens is 1. The van der Waals surface area contributed by atoms with Crippen LogP contribution in [-0.2, 0) is 19.6 Å². The van der Waals surface area contributed by atoms with E-state index in [0.717, 1.165) is 9.64 Å². The Bertz CT molecular complexity index is 999. The Morgan fingerprint density at radius 2 is 1.89 bits per heavy atom. The topological polar surface area (TPSA) is 102 Å². The number of hydrogen-bond donors (Lipinski definition) is 2. The number of amides is 1. The van der Waals surface area contributed by atoms with Crippen molar-refractivity contribution < 1.29 is 22.7 Å². The van der Waals surface area contributed by atoms with E-state index < -0.39 is 28.5 Å². The molecule has 1 amide bonds. The Morgan fingerprint density at radius 3 is 2.59 bits per heavy atom. The molecule has 0 radical (unpaired) electrons. The van der Waals surface area contributed by atoms with E-state index in [1.165, 1.54) is 18.2 Å². The summed E-state index contributed by atoms with van der Waals surface area (Å²) in [6.07, 6.45) is 5.03. The van der Waals surface area contributed by atoms with Crippen molar-refractivity contribution in [3.63, 3.8) is 0 Å². The fourth-order valence-corrected chi connectivity index (χ4v) is 3.51. The normalized spacial score (nSPS) is 10.7. The summed E-state index contributed by atoms with van der Waals surface area (Å²) in [5, 5.41) is 2.60. The van der Waals surface area contributed by atoms with Crippen LogP contribution in [0, 0.1) is 15.9 Å². The fraction of sp³-hybridized carbons (Fsp3) is 0.111. The molecule has 0 aliphatic carbocycles. The summed E-state index contributed by atoms with van der Waals surface area (Å²) < 4.78 is 32.2. The third-order valence-electron chi connectivity index (χ3n) is 3.19. The molecule has 0 unspecified atom stereocenters. The number of anilines is 1. The molecule has 0 aliphatic heterocycles. The van der Waals surface area contributed by atoms with E-state index in [2.05, 4.69) is 38.6 Å². The zero-order chi connectivity index (χ0) is 19.9. The molecule has 27 heavy (non-hydrogen) atoms. The van der Waals surface area contributed by atoms with Gasteiger partial charge in [0.15, 0.2) is 6.61 Å². The average molecular weight is 498 g/mol. The standard InChI is InChI=1S/C18H15IN2O5S/c1-2-9-20-27(24,25)16-8-3-5-13(10-16)18(23)26-12-17(22)21-15-7-4-6-14(19)11-15/h1,3-8,10-11,20H,9,12H2,(H,21,22). The van der Waals surface area contributed by atoms with Crippen molar-refractivity contribution in [1.82, 2.24) is 4.72 Å². The summed E-state index contributed by atoms with van der Waals surface area (Å²) in [6, 6.07) is 12.4. The number of terminal acetylenes is 1. The Morgan fingerprint density at radius 1 is 1.15 bits per heavy atom. The van der Waals surface area contributed by atoms with Gasteiger partial charge in [-0.05, 0) is 59.0 Å². The Hall–Kier alpha value is -2.42. The monoisotopic (exact) mass is 498 g/mol. The lowest BCUT2D eigenvalue weighted by Gasteiger charge is -2.08. The predicted molar refractivity (Wildman–Crippen MR) is 109 cm³/mol. The van der Waals surface area contributed by atoms with Crippen LogP contribution in [0.1, 0.15) is 10.4 Å². The minimum atomic E-state index is -3.83. The second kappa shape index (κ2) is 9.50. The summed E-state index contributed by atoms with van der Waals surface area (Å²) in [5.74, 6) is 0.833. The number of sulfonamides is 1. The van der Waals surface area contributed by atoms with E-state index >= 15 is 0 Å². The number of carbonyl (C=O) groups excluding carboxylic acids is 2. The van der Waals surface area contributed by atoms with Gasteiger partial charge in [0.1, 0.15) is 0 Å². The molecule has 0 bridgehead atoms. The number of ether oxygens (including phenoxy) is 1. The highest BCUT2D eigenvalue weighted by Crippen LogP contribution is 2.14. The molecular weight excluding hydrogens is 483 g/mol. The van der Waals surface area contributed by atoms with Gasteiger partial charge in [-0.2, -0.15) is 4.72 Å². The highest BCUT2D eigenvalue weighted by molar-refractivity contribution is 14.1. The van der Waals surface area contributed by atoms with Gasteiger partial charge in [-0.25, -0.2) is 13.2 Å². The number of esters is 1. The highest BCUT2D eigenvalue weighted by atomic mass is 127. The third kappa shape index (κ3) is 6.35. The number of nitrogens with one attached hydrogen (secondary N) is 2. The van der Waals surface area contributed by atoms with Gasteiger partial charge >= 0.3 is 5.97 Å². The number of hydrogen-bond acceptors (Lipinski definition) is 5. The van der Waals surface area contributed by atoms with Crippen LogP contribution >= 0.6 is 22.6 Å². The second-order valence-corrected chi connectivity index (χ2v) is 8.20. The van der Waals surface area contributed by atoms with Crippen LogP contribution in [-0.4, -0.2) is 33.4 Å². The van der Waals surface area contributed by atoms with Crippen LogP contribution < -0.4 is 10.0 Å². The molecule has 2 aromatic carbocycles. The van der Waals surface area contributed by atoms with Crippen molar-refractivity contribution in [1.29, 1.82) is 0 Å². The molecule has 0 atom stereocenters. The van der Waals surface area contributed by atoms with Crippen LogP contribution in [0.2, 0.25) is 0 Å². The molecule has 0 saturated carbocycles. The summed E-state index contributed by atoms with van der Waals surface area (Å²) in [6.45, 7) is -0.674. The maximum atomic E-state index is 12.1. The van der Waals surface area contributed by atoms with Gasteiger partial charge in [0.05, 0.1) is 17.0 Å². The first-order valence-corrected chi connectivity index (χ1v) is 10.1. The molecule has 9 heteroatoms. The zero-order valence-corrected chi connectivity index (χ0v) is 16.9. The first-order valence-electron chi connectivity index (χ1n) is 7.57. The van der Waals surface area contributed by atoms with E-state index in [1.807, 2.05) is 6.07 Å². The van der Waals surface area contributed by atoms with Crippen LogP contribution in [0.3, 0.4) is 0 Å². The summed E-state index contributed by atoms with van der Waals surface area (Å²) in [5.41, 5.74) is 0.580. The second-order valence-electron chi connectivity index (χ2n) is 5.19. The lowest BCUT2D eigenvalue weighted by molar-refractivity contribution is -0.119. The third-order valence-corrected chi connectivity index (χ3v) is 5.26. The van der Waals surface area contributed by atoms with Crippen LogP contribution in [0.5, 0.6) is 0 Å². The SMILES string of the molecule is C#CCNS(=O)(=O)c1cccc(C(=O)OCC(=O)Nc2cccc(I)c2)c1. The fourth-order valence-electron chi connectivity index (χ4n) is 1.99. The smallest absolute Gasteiger partial charge is 0.338 e. The van der Waals surface area contributed by atoms with Crippen molar-refractivity contribution in [3.05, 3.63) is 57.7 Å². The molecule has 0 aromatic heterocycles. The van der Waals surface area contributed by atoms with Crippen molar-refractivity contribution in [2.75, 3.05) is 18.5 Å². The average Bonchev–Trinajstić information content (AvgIpc) is 2.64. The minimum Gasteiger partial charge on any atom is -0.452 e. The maximum absolute atomic E-state index is 12.1. The first kappa shape index (κ1) is 20.9. The minimum absolute atomic E-state index is 0.000595. The predicted octanol–water partition coefficient (Wildman–Crippen LogP) is 2.00. The molecule has 2 rings (SSSR count). The molecule has 0 aliphatic rings. The number of carbonyl (C=O) groups is 2. The molecule has 0 spiro atoms. The molecule has 0 heterocycles. The van der Waals surface area contributed by atoms with E-state index in [4.69, 9.17) is 11.2 Å². The Kier molecular flexibility index (Phi) is 7.35. The van der Waals surface area contributed by atoms with Gasteiger partial charge in [0.25, 0.3) is 5.91 Å². The van der Waals surface area contributed by atoms with E-state index in [-0.39, 0.29) is 17.0 Å². The van der Waals surface area contributed by atoms with Crippen molar-refractivity contribution in [3.8, 4) is 12.3 Å². The van der Waals surface area contributed by atoms with Gasteiger partial charge in [-0.15, -0.1) is 6.42 Å². The molecule has 2 aromatic rings. The van der Waals surface area contributed by atoms with Gasteiger partial charge in [-0.3, -0.25) is 4.79 Å². The molecular formula is C18H15IN2O5S. The molecule has 2 N–H and O–H groups in total. The van der Waals surface area contributed by atoms with Gasteiger partial charge in [-0.1, -0.05) is 18.1 Å². The lowest BCUT2D eigenvalue weighted by atomic mass is 10.2. The molecule has 7 nitrogen and oxygen atoms in total. The van der Waals surface area contributed by atoms with Crippen LogP contribution in [0.4, 0.5) is 5.69 Å².